The van der Waals surface area contributed by atoms with Crippen molar-refractivity contribution in [2.45, 2.75) is 46.2 Å². The monoisotopic (exact) mass is 316 g/mol. The number of hydrogen-bond donors (Lipinski definition) is 1. The Labute approximate surface area is 133 Å². The molecule has 0 unspecified atom stereocenters. The van der Waals surface area contributed by atoms with Gasteiger partial charge in [-0.2, -0.15) is 10.1 Å². The third-order valence-corrected chi connectivity index (χ3v) is 4.13. The zero-order valence-electron chi connectivity index (χ0n) is 13.5. The maximum atomic E-state index is 12.7. The van der Waals surface area contributed by atoms with Crippen LogP contribution in [0.4, 0.5) is 0 Å². The van der Waals surface area contributed by atoms with E-state index < -0.39 is 0 Å². The van der Waals surface area contributed by atoms with E-state index in [9.17, 15) is 9.59 Å². The number of nitrogens with zero attached hydrogens (tertiary/aromatic N) is 5. The smallest absolute Gasteiger partial charge is 0.331 e. The van der Waals surface area contributed by atoms with Crippen LogP contribution < -0.4 is 5.69 Å². The van der Waals surface area contributed by atoms with Gasteiger partial charge in [0, 0.05) is 17.9 Å². The molecule has 0 radical (unpaired) electrons. The highest BCUT2D eigenvalue weighted by molar-refractivity contribution is 5.76. The predicted octanol–water partition coefficient (Wildman–Crippen LogP) is 0.650. The van der Waals surface area contributed by atoms with E-state index in [1.165, 1.54) is 4.57 Å². The summed E-state index contributed by atoms with van der Waals surface area (Å²) in [7, 11) is 0. The maximum absolute atomic E-state index is 12.7. The Morgan fingerprint density at radius 2 is 2.13 bits per heavy atom. The molecule has 2 aromatic rings. The zero-order valence-corrected chi connectivity index (χ0v) is 13.5. The Morgan fingerprint density at radius 1 is 1.35 bits per heavy atom. The van der Waals surface area contributed by atoms with Crippen LogP contribution in [0.15, 0.2) is 10.9 Å². The van der Waals surface area contributed by atoms with Gasteiger partial charge in [-0.3, -0.25) is 14.5 Å². The second-order valence-electron chi connectivity index (χ2n) is 5.93. The van der Waals surface area contributed by atoms with Crippen LogP contribution >= 0.6 is 0 Å². The molecule has 1 fully saturated rings. The minimum absolute atomic E-state index is 0.00213. The van der Waals surface area contributed by atoms with Crippen molar-refractivity contribution in [2.24, 2.45) is 0 Å². The van der Waals surface area contributed by atoms with Crippen molar-refractivity contribution in [3.8, 4) is 0 Å². The molecule has 23 heavy (non-hydrogen) atoms. The standard InChI is InChI=1S/C15H20N6O2/c1-9-7-10(2)21(15(23)16-9)8-13(22)20-6-4-5-12(20)14-17-11(3)18-19-14/h7,12H,4-6,8H2,1-3H3,(H,17,18,19)/t12-/m0/s1. The van der Waals surface area contributed by atoms with Crippen LogP contribution in [0.2, 0.25) is 0 Å². The number of nitrogens with one attached hydrogen (secondary N) is 1. The minimum Gasteiger partial charge on any atom is -0.331 e. The lowest BCUT2D eigenvalue weighted by Crippen LogP contribution is -2.38. The first-order chi connectivity index (χ1) is 11.0. The average Bonchev–Trinajstić information content (AvgIpc) is 3.10. The second kappa shape index (κ2) is 5.94. The van der Waals surface area contributed by atoms with Crippen LogP contribution in [0, 0.1) is 20.8 Å². The van der Waals surface area contributed by atoms with Crippen molar-refractivity contribution >= 4 is 5.91 Å². The average molecular weight is 316 g/mol. The number of aromatic nitrogens is 5. The highest BCUT2D eigenvalue weighted by Crippen LogP contribution is 2.29. The summed E-state index contributed by atoms with van der Waals surface area (Å²) in [6.45, 7) is 6.06. The third-order valence-electron chi connectivity index (χ3n) is 4.13. The number of aryl methyl sites for hydroxylation is 3. The van der Waals surface area contributed by atoms with Gasteiger partial charge in [-0.25, -0.2) is 9.78 Å². The van der Waals surface area contributed by atoms with Crippen molar-refractivity contribution < 1.29 is 4.79 Å². The van der Waals surface area contributed by atoms with Crippen molar-refractivity contribution in [1.82, 2.24) is 29.6 Å². The van der Waals surface area contributed by atoms with Gasteiger partial charge in [-0.1, -0.05) is 0 Å². The Kier molecular flexibility index (Phi) is 3.97. The van der Waals surface area contributed by atoms with Crippen LogP contribution in [0.1, 0.15) is 41.9 Å². The molecule has 3 rings (SSSR count). The van der Waals surface area contributed by atoms with E-state index in [0.29, 0.717) is 18.1 Å². The minimum atomic E-state index is -0.389. The molecule has 8 nitrogen and oxygen atoms in total. The van der Waals surface area contributed by atoms with E-state index in [0.717, 1.165) is 24.4 Å². The van der Waals surface area contributed by atoms with Crippen molar-refractivity contribution in [2.75, 3.05) is 6.54 Å². The summed E-state index contributed by atoms with van der Waals surface area (Å²) >= 11 is 0. The number of rotatable bonds is 3. The summed E-state index contributed by atoms with van der Waals surface area (Å²) in [4.78, 5) is 34.7. The lowest BCUT2D eigenvalue weighted by Gasteiger charge is -2.23. The number of likely N-dealkylation sites (tertiary alicyclic amines) is 1. The molecule has 0 bridgehead atoms. The molecule has 0 saturated carbocycles. The molecular formula is C15H20N6O2. The first-order valence-electron chi connectivity index (χ1n) is 7.69. The summed E-state index contributed by atoms with van der Waals surface area (Å²) in [5.41, 5.74) is 1.01. The topological polar surface area (TPSA) is 96.8 Å². The Bertz CT molecular complexity index is 794. The molecule has 1 aliphatic rings. The fourth-order valence-electron chi connectivity index (χ4n) is 3.04. The summed E-state index contributed by atoms with van der Waals surface area (Å²) < 4.78 is 1.41. The van der Waals surface area contributed by atoms with Crippen LogP contribution in [0.25, 0.3) is 0 Å². The third kappa shape index (κ3) is 3.01. The SMILES string of the molecule is Cc1cc(C)n(CC(=O)N2CCC[C@H]2c2n[nH]c(C)n2)c(=O)n1. The van der Waals surface area contributed by atoms with Gasteiger partial charge in [0.05, 0.1) is 6.04 Å². The van der Waals surface area contributed by atoms with Gasteiger partial charge < -0.3 is 4.90 Å². The predicted molar refractivity (Wildman–Crippen MR) is 82.8 cm³/mol. The summed E-state index contributed by atoms with van der Waals surface area (Å²) in [6.07, 6.45) is 1.74. The fraction of sp³-hybridized carbons (Fsp3) is 0.533. The molecule has 1 N–H and O–H groups in total. The number of H-pyrrole nitrogens is 1. The van der Waals surface area contributed by atoms with Crippen molar-refractivity contribution in [3.63, 3.8) is 0 Å². The van der Waals surface area contributed by atoms with Gasteiger partial charge >= 0.3 is 5.69 Å². The molecule has 1 aliphatic heterocycles. The first-order valence-corrected chi connectivity index (χ1v) is 7.69. The Hall–Kier alpha value is -2.51. The van der Waals surface area contributed by atoms with Gasteiger partial charge in [0.25, 0.3) is 0 Å². The lowest BCUT2D eigenvalue weighted by molar-refractivity contribution is -0.133. The zero-order chi connectivity index (χ0) is 16.6. The summed E-state index contributed by atoms with van der Waals surface area (Å²) in [6, 6.07) is 1.68. The van der Waals surface area contributed by atoms with Crippen molar-refractivity contribution in [3.05, 3.63) is 39.6 Å². The molecule has 3 heterocycles. The summed E-state index contributed by atoms with van der Waals surface area (Å²) in [5, 5.41) is 6.99. The molecule has 1 saturated heterocycles. The van der Waals surface area contributed by atoms with Gasteiger partial charge in [0.15, 0.2) is 5.82 Å². The first kappa shape index (κ1) is 15.4. The van der Waals surface area contributed by atoms with Gasteiger partial charge in [-0.05, 0) is 39.7 Å². The number of carbonyl (C=O) groups excluding carboxylic acids is 1. The van der Waals surface area contributed by atoms with E-state index in [1.807, 2.05) is 13.8 Å². The van der Waals surface area contributed by atoms with Crippen LogP contribution in [0.3, 0.4) is 0 Å². The van der Waals surface area contributed by atoms with E-state index in [4.69, 9.17) is 0 Å². The van der Waals surface area contributed by atoms with Gasteiger partial charge in [0.1, 0.15) is 12.4 Å². The normalized spacial score (nSPS) is 17.7. The fourth-order valence-corrected chi connectivity index (χ4v) is 3.04. The lowest BCUT2D eigenvalue weighted by atomic mass is 10.2. The van der Waals surface area contributed by atoms with E-state index >= 15 is 0 Å². The molecular weight excluding hydrogens is 296 g/mol. The molecule has 122 valence electrons. The number of hydrogen-bond acceptors (Lipinski definition) is 5. The molecule has 2 aromatic heterocycles. The van der Waals surface area contributed by atoms with E-state index in [1.54, 1.807) is 17.9 Å². The second-order valence-corrected chi connectivity index (χ2v) is 5.93. The number of amides is 1. The van der Waals surface area contributed by atoms with E-state index in [-0.39, 0.29) is 24.2 Å². The van der Waals surface area contributed by atoms with E-state index in [2.05, 4.69) is 20.2 Å². The molecule has 0 aliphatic carbocycles. The highest BCUT2D eigenvalue weighted by Gasteiger charge is 2.32. The van der Waals surface area contributed by atoms with Crippen LogP contribution in [-0.2, 0) is 11.3 Å². The number of carbonyl (C=O) groups is 1. The van der Waals surface area contributed by atoms with Crippen LogP contribution in [-0.4, -0.2) is 42.1 Å². The molecule has 1 amide bonds. The molecule has 1 atom stereocenters. The maximum Gasteiger partial charge on any atom is 0.348 e. The quantitative estimate of drug-likeness (QED) is 0.897. The van der Waals surface area contributed by atoms with Gasteiger partial charge in [-0.15, -0.1) is 0 Å². The largest absolute Gasteiger partial charge is 0.348 e. The molecule has 0 spiro atoms. The summed E-state index contributed by atoms with van der Waals surface area (Å²) in [5.74, 6) is 1.26. The van der Waals surface area contributed by atoms with Crippen LogP contribution in [0.5, 0.6) is 0 Å². The molecule has 8 heteroatoms. The highest BCUT2D eigenvalue weighted by atomic mass is 16.2. The Morgan fingerprint density at radius 3 is 2.78 bits per heavy atom. The van der Waals surface area contributed by atoms with Crippen molar-refractivity contribution in [1.29, 1.82) is 0 Å². The number of aromatic amines is 1. The molecule has 0 aromatic carbocycles. The van der Waals surface area contributed by atoms with Gasteiger partial charge in [0.2, 0.25) is 5.91 Å². The Balaban J connectivity index is 1.82.